The highest BCUT2D eigenvalue weighted by Crippen LogP contribution is 2.28. The third-order valence-corrected chi connectivity index (χ3v) is 5.37. The molecule has 0 aliphatic carbocycles. The van der Waals surface area contributed by atoms with Crippen LogP contribution in [0.1, 0.15) is 62.8 Å². The van der Waals surface area contributed by atoms with Crippen molar-refractivity contribution in [1.29, 1.82) is 0 Å². The number of ether oxygens (including phenoxy) is 2. The van der Waals surface area contributed by atoms with Gasteiger partial charge in [0.1, 0.15) is 6.10 Å². The molecule has 0 aromatic carbocycles. The Kier molecular flexibility index (Phi) is 4.92. The summed E-state index contributed by atoms with van der Waals surface area (Å²) >= 11 is 0. The summed E-state index contributed by atoms with van der Waals surface area (Å²) in [5.74, 6) is 1.44. The molecule has 0 saturated carbocycles. The molecule has 0 radical (unpaired) electrons. The minimum Gasteiger partial charge on any atom is -0.378 e. The molecule has 4 heterocycles. The van der Waals surface area contributed by atoms with Crippen LogP contribution < -0.4 is 0 Å². The van der Waals surface area contributed by atoms with Gasteiger partial charge in [-0.15, -0.1) is 0 Å². The highest BCUT2D eigenvalue weighted by molar-refractivity contribution is 4.96. The molecule has 23 heavy (non-hydrogen) atoms. The Hall–Kier alpha value is -0.980. The Morgan fingerprint density at radius 3 is 2.96 bits per heavy atom. The molecule has 0 N–H and O–H groups in total. The standard InChI is InChI=1S/C17H27N3O3/c1-3-9-20-11-15(22-12-13(20)5-1)17-18-16(23-19-17)8-7-14-6-2-4-10-21-14/h13-15H,1-12H2. The Balaban J connectivity index is 1.30. The monoisotopic (exact) mass is 321 g/mol. The van der Waals surface area contributed by atoms with E-state index < -0.39 is 0 Å². The number of hydrogen-bond donors (Lipinski definition) is 0. The summed E-state index contributed by atoms with van der Waals surface area (Å²) in [5.41, 5.74) is 0. The van der Waals surface area contributed by atoms with Crippen molar-refractivity contribution in [3.05, 3.63) is 11.7 Å². The van der Waals surface area contributed by atoms with Gasteiger partial charge in [0.2, 0.25) is 11.7 Å². The smallest absolute Gasteiger partial charge is 0.226 e. The molecule has 3 fully saturated rings. The van der Waals surface area contributed by atoms with Crippen LogP contribution in [-0.4, -0.2) is 53.5 Å². The lowest BCUT2D eigenvalue weighted by atomic mass is 10.0. The second-order valence-electron chi connectivity index (χ2n) is 7.04. The molecule has 128 valence electrons. The van der Waals surface area contributed by atoms with E-state index in [1.165, 1.54) is 38.6 Å². The van der Waals surface area contributed by atoms with Gasteiger partial charge >= 0.3 is 0 Å². The largest absolute Gasteiger partial charge is 0.378 e. The third kappa shape index (κ3) is 3.75. The minimum absolute atomic E-state index is 0.0345. The molecule has 0 amide bonds. The summed E-state index contributed by atoms with van der Waals surface area (Å²) in [4.78, 5) is 7.10. The predicted octanol–water partition coefficient (Wildman–Crippen LogP) is 2.50. The zero-order valence-electron chi connectivity index (χ0n) is 13.8. The summed E-state index contributed by atoms with van der Waals surface area (Å²) in [5, 5.41) is 4.16. The average molecular weight is 321 g/mol. The van der Waals surface area contributed by atoms with Crippen LogP contribution in [-0.2, 0) is 15.9 Å². The lowest BCUT2D eigenvalue weighted by molar-refractivity contribution is -0.0805. The molecule has 3 aliphatic heterocycles. The Morgan fingerprint density at radius 2 is 2.04 bits per heavy atom. The Morgan fingerprint density at radius 1 is 1.09 bits per heavy atom. The van der Waals surface area contributed by atoms with Crippen LogP contribution in [0.2, 0.25) is 0 Å². The van der Waals surface area contributed by atoms with Crippen molar-refractivity contribution in [3.63, 3.8) is 0 Å². The normalized spacial score (nSPS) is 32.6. The maximum absolute atomic E-state index is 5.99. The number of hydrogen-bond acceptors (Lipinski definition) is 6. The maximum atomic E-state index is 5.99. The molecular weight excluding hydrogens is 294 g/mol. The van der Waals surface area contributed by atoms with Gasteiger partial charge in [0.05, 0.1) is 12.7 Å². The SMILES string of the molecule is C1CCC(CCc2nc(C3CN4CCCCC4CO3)no2)OC1. The quantitative estimate of drug-likeness (QED) is 0.849. The van der Waals surface area contributed by atoms with Gasteiger partial charge in [-0.25, -0.2) is 0 Å². The van der Waals surface area contributed by atoms with E-state index in [1.807, 2.05) is 0 Å². The number of piperidine rings is 1. The fraction of sp³-hybridized carbons (Fsp3) is 0.882. The molecule has 0 bridgehead atoms. The molecule has 3 aliphatic rings. The van der Waals surface area contributed by atoms with Gasteiger partial charge in [-0.2, -0.15) is 4.98 Å². The van der Waals surface area contributed by atoms with Crippen molar-refractivity contribution in [2.45, 2.75) is 69.6 Å². The first kappa shape index (κ1) is 15.5. The van der Waals surface area contributed by atoms with E-state index >= 15 is 0 Å². The van der Waals surface area contributed by atoms with Gasteiger partial charge in [0.15, 0.2) is 0 Å². The van der Waals surface area contributed by atoms with Crippen LogP contribution in [0.4, 0.5) is 0 Å². The van der Waals surface area contributed by atoms with Crippen LogP contribution in [0.5, 0.6) is 0 Å². The molecule has 0 spiro atoms. The van der Waals surface area contributed by atoms with Gasteiger partial charge in [-0.05, 0) is 45.1 Å². The third-order valence-electron chi connectivity index (χ3n) is 5.37. The first-order valence-corrected chi connectivity index (χ1v) is 9.18. The lowest BCUT2D eigenvalue weighted by Crippen LogP contribution is -2.49. The van der Waals surface area contributed by atoms with Crippen molar-refractivity contribution in [2.75, 3.05) is 26.3 Å². The van der Waals surface area contributed by atoms with Gasteiger partial charge in [0, 0.05) is 25.6 Å². The van der Waals surface area contributed by atoms with Gasteiger partial charge < -0.3 is 14.0 Å². The number of morpholine rings is 1. The summed E-state index contributed by atoms with van der Waals surface area (Å²) < 4.78 is 17.2. The highest BCUT2D eigenvalue weighted by Gasteiger charge is 2.33. The van der Waals surface area contributed by atoms with Crippen molar-refractivity contribution < 1.29 is 14.0 Å². The van der Waals surface area contributed by atoms with Crippen molar-refractivity contribution in [1.82, 2.24) is 15.0 Å². The van der Waals surface area contributed by atoms with E-state index in [9.17, 15) is 0 Å². The van der Waals surface area contributed by atoms with E-state index in [2.05, 4.69) is 15.0 Å². The van der Waals surface area contributed by atoms with E-state index in [-0.39, 0.29) is 6.10 Å². The molecule has 4 rings (SSSR count). The molecule has 3 atom stereocenters. The van der Waals surface area contributed by atoms with Crippen LogP contribution in [0.25, 0.3) is 0 Å². The number of fused-ring (bicyclic) bond motifs is 1. The zero-order chi connectivity index (χ0) is 15.5. The van der Waals surface area contributed by atoms with Crippen LogP contribution in [0, 0.1) is 0 Å². The van der Waals surface area contributed by atoms with Crippen LogP contribution >= 0.6 is 0 Å². The summed E-state index contributed by atoms with van der Waals surface area (Å²) in [6.07, 6.45) is 9.59. The summed E-state index contributed by atoms with van der Waals surface area (Å²) in [6, 6.07) is 0.592. The first-order valence-electron chi connectivity index (χ1n) is 9.18. The number of aryl methyl sites for hydroxylation is 1. The molecule has 3 saturated heterocycles. The zero-order valence-corrected chi connectivity index (χ0v) is 13.8. The van der Waals surface area contributed by atoms with E-state index in [0.717, 1.165) is 44.9 Å². The fourth-order valence-corrected chi connectivity index (χ4v) is 3.96. The van der Waals surface area contributed by atoms with Crippen LogP contribution in [0.3, 0.4) is 0 Å². The van der Waals surface area contributed by atoms with Gasteiger partial charge in [-0.3, -0.25) is 4.90 Å². The molecule has 1 aromatic heterocycles. The topological polar surface area (TPSA) is 60.6 Å². The summed E-state index contributed by atoms with van der Waals surface area (Å²) in [6.45, 7) is 3.76. The fourth-order valence-electron chi connectivity index (χ4n) is 3.96. The summed E-state index contributed by atoms with van der Waals surface area (Å²) in [7, 11) is 0. The molecule has 1 aromatic rings. The molecule has 6 nitrogen and oxygen atoms in total. The number of aromatic nitrogens is 2. The van der Waals surface area contributed by atoms with E-state index in [0.29, 0.717) is 18.0 Å². The van der Waals surface area contributed by atoms with Gasteiger partial charge in [0.25, 0.3) is 0 Å². The molecule has 6 heteroatoms. The van der Waals surface area contributed by atoms with E-state index in [1.54, 1.807) is 0 Å². The Labute approximate surface area is 137 Å². The predicted molar refractivity (Wildman–Crippen MR) is 84.1 cm³/mol. The minimum atomic E-state index is -0.0345. The average Bonchev–Trinajstić information content (AvgIpc) is 3.09. The van der Waals surface area contributed by atoms with E-state index in [4.69, 9.17) is 14.0 Å². The lowest BCUT2D eigenvalue weighted by Gasteiger charge is -2.41. The van der Waals surface area contributed by atoms with Gasteiger partial charge in [-0.1, -0.05) is 11.6 Å². The highest BCUT2D eigenvalue weighted by atomic mass is 16.5. The second kappa shape index (κ2) is 7.28. The maximum Gasteiger partial charge on any atom is 0.226 e. The van der Waals surface area contributed by atoms with Crippen molar-refractivity contribution in [3.8, 4) is 0 Å². The van der Waals surface area contributed by atoms with Crippen LogP contribution in [0.15, 0.2) is 4.52 Å². The van der Waals surface area contributed by atoms with Crippen molar-refractivity contribution in [2.24, 2.45) is 0 Å². The molecule has 3 unspecified atom stereocenters. The Bertz CT molecular complexity index is 501. The second-order valence-corrected chi connectivity index (χ2v) is 7.04. The number of rotatable bonds is 4. The van der Waals surface area contributed by atoms with Crippen molar-refractivity contribution >= 4 is 0 Å². The number of nitrogens with zero attached hydrogens (tertiary/aromatic N) is 3. The first-order chi connectivity index (χ1) is 11.4. The molecular formula is C17H27N3O3.